The molecule has 1 aliphatic rings. The van der Waals surface area contributed by atoms with Crippen LogP contribution >= 0.6 is 11.6 Å². The quantitative estimate of drug-likeness (QED) is 0.619. The Bertz CT molecular complexity index is 829. The van der Waals surface area contributed by atoms with Gasteiger partial charge in [-0.1, -0.05) is 41.9 Å². The minimum absolute atomic E-state index is 0.298. The van der Waals surface area contributed by atoms with E-state index in [0.29, 0.717) is 21.7 Å². The number of halogens is 1. The zero-order chi connectivity index (χ0) is 18.1. The molecule has 0 unspecified atom stereocenters. The lowest BCUT2D eigenvalue weighted by molar-refractivity contribution is -0.152. The van der Waals surface area contributed by atoms with Crippen molar-refractivity contribution in [1.82, 2.24) is 4.90 Å². The second-order valence-electron chi connectivity index (χ2n) is 5.80. The number of benzene rings is 2. The molecule has 0 radical (unpaired) electrons. The van der Waals surface area contributed by atoms with Crippen molar-refractivity contribution in [3.05, 3.63) is 70.2 Å². The molecule has 3 rings (SSSR count). The second kappa shape index (κ2) is 6.69. The summed E-state index contributed by atoms with van der Waals surface area (Å²) in [7, 11) is 0. The Morgan fingerprint density at radius 1 is 0.960 bits per heavy atom. The van der Waals surface area contributed by atoms with E-state index in [1.165, 1.54) is 6.92 Å². The summed E-state index contributed by atoms with van der Waals surface area (Å²) in [6.45, 7) is 3.16. The first kappa shape index (κ1) is 17.2. The van der Waals surface area contributed by atoms with Gasteiger partial charge in [0.15, 0.2) is 0 Å². The lowest BCUT2D eigenvalue weighted by Crippen LogP contribution is -2.43. The van der Waals surface area contributed by atoms with Gasteiger partial charge in [0.1, 0.15) is 12.1 Å². The predicted molar refractivity (Wildman–Crippen MR) is 92.4 cm³/mol. The molecule has 6 heteroatoms. The molecular weight excluding hydrogens is 342 g/mol. The molecule has 128 valence electrons. The Labute approximate surface area is 150 Å². The molecule has 0 N–H and O–H groups in total. The fraction of sp³-hybridized carbons (Fsp3) is 0.211. The minimum atomic E-state index is -1.03. The summed E-state index contributed by atoms with van der Waals surface area (Å²) < 4.78 is 5.42. The topological polar surface area (TPSA) is 63.7 Å². The van der Waals surface area contributed by atoms with E-state index in [2.05, 4.69) is 0 Å². The number of carbonyl (C=O) groups excluding carboxylic acids is 3. The Kier molecular flexibility index (Phi) is 4.59. The lowest BCUT2D eigenvalue weighted by Gasteiger charge is -2.23. The third-order valence-corrected chi connectivity index (χ3v) is 4.53. The SMILES string of the molecule is C[C@H](C(=O)O[C@H](C)c1ccccc1Cl)N1C(=O)c2ccccc2C1=O. The van der Waals surface area contributed by atoms with Crippen LogP contribution in [0.25, 0.3) is 0 Å². The summed E-state index contributed by atoms with van der Waals surface area (Å²) in [5, 5.41) is 0.483. The summed E-state index contributed by atoms with van der Waals surface area (Å²) in [6, 6.07) is 12.5. The number of imide groups is 1. The van der Waals surface area contributed by atoms with Crippen molar-refractivity contribution in [2.75, 3.05) is 0 Å². The van der Waals surface area contributed by atoms with Gasteiger partial charge in [0.25, 0.3) is 11.8 Å². The van der Waals surface area contributed by atoms with Gasteiger partial charge in [-0.3, -0.25) is 14.5 Å². The number of carbonyl (C=O) groups is 3. The van der Waals surface area contributed by atoms with E-state index in [4.69, 9.17) is 16.3 Å². The van der Waals surface area contributed by atoms with Crippen LogP contribution in [0.2, 0.25) is 5.02 Å². The van der Waals surface area contributed by atoms with Crippen LogP contribution in [0.1, 0.15) is 46.2 Å². The summed E-state index contributed by atoms with van der Waals surface area (Å²) >= 11 is 6.11. The number of amides is 2. The highest BCUT2D eigenvalue weighted by Gasteiger charge is 2.41. The summed E-state index contributed by atoms with van der Waals surface area (Å²) in [6.07, 6.45) is -0.598. The highest BCUT2D eigenvalue weighted by molar-refractivity contribution is 6.31. The van der Waals surface area contributed by atoms with Gasteiger partial charge >= 0.3 is 5.97 Å². The van der Waals surface area contributed by atoms with E-state index < -0.39 is 29.9 Å². The molecule has 1 aliphatic heterocycles. The van der Waals surface area contributed by atoms with Gasteiger partial charge in [0.05, 0.1) is 11.1 Å². The third-order valence-electron chi connectivity index (χ3n) is 4.19. The first-order valence-corrected chi connectivity index (χ1v) is 8.21. The van der Waals surface area contributed by atoms with Gasteiger partial charge in [-0.2, -0.15) is 0 Å². The monoisotopic (exact) mass is 357 g/mol. The fourth-order valence-electron chi connectivity index (χ4n) is 2.81. The predicted octanol–water partition coefficient (Wildman–Crippen LogP) is 3.63. The molecule has 2 aromatic carbocycles. The van der Waals surface area contributed by atoms with Gasteiger partial charge in [0.2, 0.25) is 0 Å². The maximum absolute atomic E-state index is 12.5. The van der Waals surface area contributed by atoms with Crippen LogP contribution in [0.3, 0.4) is 0 Å². The molecule has 5 nitrogen and oxygen atoms in total. The number of fused-ring (bicyclic) bond motifs is 1. The van der Waals surface area contributed by atoms with Crippen molar-refractivity contribution in [3.63, 3.8) is 0 Å². The smallest absolute Gasteiger partial charge is 0.329 e. The number of nitrogens with zero attached hydrogens (tertiary/aromatic N) is 1. The summed E-state index contributed by atoms with van der Waals surface area (Å²) in [5.41, 5.74) is 1.25. The lowest BCUT2D eigenvalue weighted by atomic mass is 10.1. The average molecular weight is 358 g/mol. The van der Waals surface area contributed by atoms with Crippen LogP contribution in [0.15, 0.2) is 48.5 Å². The Morgan fingerprint density at radius 3 is 2.04 bits per heavy atom. The van der Waals surface area contributed by atoms with Crippen LogP contribution in [0.5, 0.6) is 0 Å². The number of rotatable bonds is 4. The highest BCUT2D eigenvalue weighted by atomic mass is 35.5. The van der Waals surface area contributed by atoms with E-state index >= 15 is 0 Å². The van der Waals surface area contributed by atoms with Crippen LogP contribution in [-0.2, 0) is 9.53 Å². The maximum atomic E-state index is 12.5. The van der Waals surface area contributed by atoms with Crippen LogP contribution in [-0.4, -0.2) is 28.7 Å². The Morgan fingerprint density at radius 2 is 1.48 bits per heavy atom. The molecule has 2 aromatic rings. The average Bonchev–Trinajstić information content (AvgIpc) is 2.86. The van der Waals surface area contributed by atoms with Crippen molar-refractivity contribution in [2.45, 2.75) is 26.0 Å². The molecule has 0 aromatic heterocycles. The molecule has 0 spiro atoms. The summed E-state index contributed by atoms with van der Waals surface area (Å²) in [5.74, 6) is -1.65. The van der Waals surface area contributed by atoms with E-state index in [0.717, 1.165) is 4.90 Å². The second-order valence-corrected chi connectivity index (χ2v) is 6.21. The zero-order valence-corrected chi connectivity index (χ0v) is 14.5. The van der Waals surface area contributed by atoms with Gasteiger partial charge in [-0.15, -0.1) is 0 Å². The van der Waals surface area contributed by atoms with Gasteiger partial charge in [-0.25, -0.2) is 4.79 Å². The van der Waals surface area contributed by atoms with E-state index in [-0.39, 0.29) is 0 Å². The van der Waals surface area contributed by atoms with E-state index in [1.54, 1.807) is 55.5 Å². The molecule has 0 saturated carbocycles. The molecule has 1 heterocycles. The van der Waals surface area contributed by atoms with Crippen molar-refractivity contribution >= 4 is 29.4 Å². The fourth-order valence-corrected chi connectivity index (χ4v) is 3.10. The standard InChI is InChI=1S/C19H16ClNO4/c1-11(19(24)25-12(2)13-7-5-6-10-16(13)20)21-17(22)14-8-3-4-9-15(14)18(21)23/h3-12H,1-2H3/t11-,12-/m1/s1. The van der Waals surface area contributed by atoms with Gasteiger partial charge in [0, 0.05) is 10.6 Å². The number of hydrogen-bond donors (Lipinski definition) is 0. The Hall–Kier alpha value is -2.66. The van der Waals surface area contributed by atoms with E-state index in [1.807, 2.05) is 0 Å². The third kappa shape index (κ3) is 3.03. The van der Waals surface area contributed by atoms with Gasteiger partial charge in [-0.05, 0) is 32.0 Å². The molecule has 2 atom stereocenters. The van der Waals surface area contributed by atoms with Crippen molar-refractivity contribution in [1.29, 1.82) is 0 Å². The molecule has 0 fully saturated rings. The van der Waals surface area contributed by atoms with Gasteiger partial charge < -0.3 is 4.74 Å². The van der Waals surface area contributed by atoms with Crippen molar-refractivity contribution in [3.8, 4) is 0 Å². The number of esters is 1. The van der Waals surface area contributed by atoms with Crippen LogP contribution in [0, 0.1) is 0 Å². The Balaban J connectivity index is 1.77. The molecule has 25 heavy (non-hydrogen) atoms. The van der Waals surface area contributed by atoms with Crippen LogP contribution in [0.4, 0.5) is 0 Å². The number of ether oxygens (including phenoxy) is 1. The zero-order valence-electron chi connectivity index (χ0n) is 13.7. The first-order chi connectivity index (χ1) is 11.9. The number of hydrogen-bond acceptors (Lipinski definition) is 4. The van der Waals surface area contributed by atoms with Crippen molar-refractivity contribution < 1.29 is 19.1 Å². The normalized spacial score (nSPS) is 15.7. The molecule has 0 saturated heterocycles. The largest absolute Gasteiger partial charge is 0.456 e. The maximum Gasteiger partial charge on any atom is 0.329 e. The first-order valence-electron chi connectivity index (χ1n) is 7.83. The van der Waals surface area contributed by atoms with Crippen LogP contribution < -0.4 is 0 Å². The molecule has 0 bridgehead atoms. The van der Waals surface area contributed by atoms with E-state index in [9.17, 15) is 14.4 Å². The molecule has 2 amide bonds. The molecule has 0 aliphatic carbocycles. The minimum Gasteiger partial charge on any atom is -0.456 e. The molecular formula is C19H16ClNO4. The highest BCUT2D eigenvalue weighted by Crippen LogP contribution is 2.28. The summed E-state index contributed by atoms with van der Waals surface area (Å²) in [4.78, 5) is 38.3. The van der Waals surface area contributed by atoms with Crippen molar-refractivity contribution in [2.24, 2.45) is 0 Å².